The molecular weight excluding hydrogens is 162 g/mol. The molecule has 0 aromatic heterocycles. The molecule has 0 bridgehead atoms. The molecule has 1 unspecified atom stereocenters. The number of ether oxygens (including phenoxy) is 1. The highest BCUT2D eigenvalue weighted by Gasteiger charge is 2.03. The molecule has 0 aromatic rings. The third kappa shape index (κ3) is 9.84. The van der Waals surface area contributed by atoms with Gasteiger partial charge in [-0.2, -0.15) is 0 Å². The van der Waals surface area contributed by atoms with Gasteiger partial charge in [0, 0.05) is 12.6 Å². The van der Waals surface area contributed by atoms with Crippen LogP contribution >= 0.6 is 0 Å². The number of nitrogens with one attached hydrogen (secondary N) is 1. The zero-order valence-electron chi connectivity index (χ0n) is 9.76. The third-order valence-corrected chi connectivity index (χ3v) is 1.90. The first-order valence-electron chi connectivity index (χ1n) is 5.37. The van der Waals surface area contributed by atoms with Crippen LogP contribution < -0.4 is 5.32 Å². The molecule has 80 valence electrons. The van der Waals surface area contributed by atoms with Gasteiger partial charge in [0.2, 0.25) is 0 Å². The smallest absolute Gasteiger partial charge is 0.0519 e. The maximum atomic E-state index is 5.53. The van der Waals surface area contributed by atoms with E-state index in [1.807, 2.05) is 0 Å². The average molecular weight is 187 g/mol. The van der Waals surface area contributed by atoms with Gasteiger partial charge < -0.3 is 10.1 Å². The Hall–Kier alpha value is -0.0800. The Morgan fingerprint density at radius 3 is 2.15 bits per heavy atom. The van der Waals surface area contributed by atoms with E-state index in [0.29, 0.717) is 18.1 Å². The Balaban J connectivity index is 3.25. The summed E-state index contributed by atoms with van der Waals surface area (Å²) in [6.07, 6.45) is 1.56. The fraction of sp³-hybridized carbons (Fsp3) is 1.00. The summed E-state index contributed by atoms with van der Waals surface area (Å²) in [5, 5.41) is 3.41. The van der Waals surface area contributed by atoms with Crippen LogP contribution in [0.1, 0.15) is 41.0 Å². The van der Waals surface area contributed by atoms with E-state index in [2.05, 4.69) is 39.9 Å². The van der Waals surface area contributed by atoms with E-state index in [4.69, 9.17) is 4.74 Å². The van der Waals surface area contributed by atoms with Crippen LogP contribution in [0.5, 0.6) is 0 Å². The van der Waals surface area contributed by atoms with Crippen molar-refractivity contribution in [2.24, 2.45) is 5.92 Å². The van der Waals surface area contributed by atoms with Gasteiger partial charge >= 0.3 is 0 Å². The lowest BCUT2D eigenvalue weighted by molar-refractivity contribution is 0.0533. The van der Waals surface area contributed by atoms with Crippen LogP contribution in [0.2, 0.25) is 0 Å². The van der Waals surface area contributed by atoms with Crippen LogP contribution in [-0.4, -0.2) is 25.3 Å². The number of hydrogen-bond acceptors (Lipinski definition) is 2. The molecule has 0 rings (SSSR count). The van der Waals surface area contributed by atoms with Gasteiger partial charge in [-0.15, -0.1) is 0 Å². The molecule has 2 heteroatoms. The summed E-state index contributed by atoms with van der Waals surface area (Å²) >= 11 is 0. The Bertz CT molecular complexity index is 113. The number of rotatable bonds is 7. The summed E-state index contributed by atoms with van der Waals surface area (Å²) in [7, 11) is 0. The summed E-state index contributed by atoms with van der Waals surface area (Å²) in [6, 6.07) is 0.596. The van der Waals surface area contributed by atoms with Gasteiger partial charge in [0.15, 0.2) is 0 Å². The maximum absolute atomic E-state index is 5.53. The molecule has 1 N–H and O–H groups in total. The highest BCUT2D eigenvalue weighted by atomic mass is 16.5. The van der Waals surface area contributed by atoms with Crippen molar-refractivity contribution in [3.05, 3.63) is 0 Å². The molecule has 0 saturated carbocycles. The molecule has 0 aliphatic heterocycles. The second-order valence-electron chi connectivity index (χ2n) is 4.38. The summed E-state index contributed by atoms with van der Waals surface area (Å²) in [6.45, 7) is 12.7. The van der Waals surface area contributed by atoms with Gasteiger partial charge in [-0.25, -0.2) is 0 Å². The molecule has 0 aliphatic carbocycles. The standard InChI is InChI=1S/C11H25NO/c1-9(2)12-7-6-11(5)8-13-10(3)4/h9-12H,6-8H2,1-5H3. The molecule has 2 nitrogen and oxygen atoms in total. The zero-order valence-corrected chi connectivity index (χ0v) is 9.76. The third-order valence-electron chi connectivity index (χ3n) is 1.90. The molecule has 0 aliphatic rings. The van der Waals surface area contributed by atoms with Gasteiger partial charge in [0.05, 0.1) is 6.10 Å². The summed E-state index contributed by atoms with van der Waals surface area (Å²) in [5.41, 5.74) is 0. The second kappa shape index (κ2) is 7.34. The zero-order chi connectivity index (χ0) is 10.3. The molecule has 1 atom stereocenters. The van der Waals surface area contributed by atoms with Crippen molar-refractivity contribution >= 4 is 0 Å². The lowest BCUT2D eigenvalue weighted by Gasteiger charge is -2.15. The largest absolute Gasteiger partial charge is 0.379 e. The van der Waals surface area contributed by atoms with Gasteiger partial charge in [0.25, 0.3) is 0 Å². The lowest BCUT2D eigenvalue weighted by Crippen LogP contribution is -2.26. The lowest BCUT2D eigenvalue weighted by atomic mass is 10.1. The highest BCUT2D eigenvalue weighted by molar-refractivity contribution is 4.58. The average Bonchev–Trinajstić information content (AvgIpc) is 2.00. The minimum atomic E-state index is 0.362. The fourth-order valence-electron chi connectivity index (χ4n) is 1.06. The van der Waals surface area contributed by atoms with Crippen molar-refractivity contribution in [3.8, 4) is 0 Å². The topological polar surface area (TPSA) is 21.3 Å². The predicted molar refractivity (Wildman–Crippen MR) is 58.0 cm³/mol. The Labute approximate surface area is 83.1 Å². The first kappa shape index (κ1) is 12.9. The maximum Gasteiger partial charge on any atom is 0.0519 e. The molecule has 0 radical (unpaired) electrons. The summed E-state index contributed by atoms with van der Waals surface area (Å²) in [4.78, 5) is 0. The van der Waals surface area contributed by atoms with Gasteiger partial charge in [0.1, 0.15) is 0 Å². The van der Waals surface area contributed by atoms with Crippen LogP contribution in [-0.2, 0) is 4.74 Å². The summed E-state index contributed by atoms with van der Waals surface area (Å²) in [5.74, 6) is 0.661. The van der Waals surface area contributed by atoms with Crippen LogP contribution in [0.25, 0.3) is 0 Å². The molecule has 0 heterocycles. The van der Waals surface area contributed by atoms with Crippen molar-refractivity contribution in [1.82, 2.24) is 5.32 Å². The van der Waals surface area contributed by atoms with E-state index in [9.17, 15) is 0 Å². The first-order chi connectivity index (χ1) is 6.02. The molecule has 0 saturated heterocycles. The summed E-state index contributed by atoms with van der Waals surface area (Å²) < 4.78 is 5.53. The van der Waals surface area contributed by atoms with E-state index in [-0.39, 0.29) is 0 Å². The highest BCUT2D eigenvalue weighted by Crippen LogP contribution is 2.03. The monoisotopic (exact) mass is 187 g/mol. The second-order valence-corrected chi connectivity index (χ2v) is 4.38. The predicted octanol–water partition coefficient (Wildman–Crippen LogP) is 2.44. The normalized spacial score (nSPS) is 14.1. The van der Waals surface area contributed by atoms with Gasteiger partial charge in [-0.3, -0.25) is 0 Å². The molecule has 13 heavy (non-hydrogen) atoms. The van der Waals surface area contributed by atoms with E-state index in [1.165, 1.54) is 6.42 Å². The van der Waals surface area contributed by atoms with Crippen LogP contribution in [0.15, 0.2) is 0 Å². The van der Waals surface area contributed by atoms with E-state index >= 15 is 0 Å². The van der Waals surface area contributed by atoms with Gasteiger partial charge in [-0.1, -0.05) is 20.8 Å². The molecule has 0 spiro atoms. The first-order valence-corrected chi connectivity index (χ1v) is 5.37. The van der Waals surface area contributed by atoms with E-state index in [1.54, 1.807) is 0 Å². The van der Waals surface area contributed by atoms with Crippen LogP contribution in [0.3, 0.4) is 0 Å². The Morgan fingerprint density at radius 2 is 1.69 bits per heavy atom. The SMILES string of the molecule is CC(CCNC(C)C)COC(C)C. The molecular formula is C11H25NO. The van der Waals surface area contributed by atoms with Crippen molar-refractivity contribution < 1.29 is 4.74 Å². The Morgan fingerprint density at radius 1 is 1.08 bits per heavy atom. The van der Waals surface area contributed by atoms with Crippen molar-refractivity contribution in [3.63, 3.8) is 0 Å². The molecule has 0 amide bonds. The minimum Gasteiger partial charge on any atom is -0.379 e. The van der Waals surface area contributed by atoms with Crippen molar-refractivity contribution in [2.75, 3.05) is 13.2 Å². The molecule has 0 aromatic carbocycles. The number of hydrogen-bond donors (Lipinski definition) is 1. The van der Waals surface area contributed by atoms with E-state index < -0.39 is 0 Å². The van der Waals surface area contributed by atoms with Crippen molar-refractivity contribution in [2.45, 2.75) is 53.2 Å². The van der Waals surface area contributed by atoms with Crippen LogP contribution in [0.4, 0.5) is 0 Å². The minimum absolute atomic E-state index is 0.362. The fourth-order valence-corrected chi connectivity index (χ4v) is 1.06. The van der Waals surface area contributed by atoms with Crippen molar-refractivity contribution in [1.29, 1.82) is 0 Å². The van der Waals surface area contributed by atoms with E-state index in [0.717, 1.165) is 13.2 Å². The quantitative estimate of drug-likeness (QED) is 0.661. The molecule has 0 fully saturated rings. The Kier molecular flexibility index (Phi) is 7.29. The van der Waals surface area contributed by atoms with Gasteiger partial charge in [-0.05, 0) is 32.7 Å². The van der Waals surface area contributed by atoms with Crippen LogP contribution in [0, 0.1) is 5.92 Å².